The first-order chi connectivity index (χ1) is 8.47. The van der Waals surface area contributed by atoms with Crippen LogP contribution >= 0.6 is 11.3 Å². The van der Waals surface area contributed by atoms with Gasteiger partial charge >= 0.3 is 0 Å². The van der Waals surface area contributed by atoms with E-state index in [1.165, 1.54) is 11.3 Å². The fourth-order valence-electron chi connectivity index (χ4n) is 1.43. The van der Waals surface area contributed by atoms with Crippen molar-refractivity contribution in [2.45, 2.75) is 34.1 Å². The summed E-state index contributed by atoms with van der Waals surface area (Å²) < 4.78 is 0. The minimum Gasteiger partial charge on any atom is -0.313 e. The lowest BCUT2D eigenvalue weighted by molar-refractivity contribution is 0.0970. The van der Waals surface area contributed by atoms with Crippen molar-refractivity contribution in [2.75, 3.05) is 0 Å². The molecule has 18 heavy (non-hydrogen) atoms. The van der Waals surface area contributed by atoms with Crippen LogP contribution < -0.4 is 5.32 Å². The highest BCUT2D eigenvalue weighted by atomic mass is 32.1. The van der Waals surface area contributed by atoms with Gasteiger partial charge in [-0.05, 0) is 25.3 Å². The molecule has 1 rings (SSSR count). The Balaban J connectivity index is 2.88. The van der Waals surface area contributed by atoms with Gasteiger partial charge in [0, 0.05) is 0 Å². The van der Waals surface area contributed by atoms with Crippen molar-refractivity contribution < 1.29 is 4.79 Å². The minimum absolute atomic E-state index is 0.216. The molecule has 0 saturated heterocycles. The first kappa shape index (κ1) is 14.4. The average Bonchev–Trinajstić information content (AvgIpc) is 2.69. The van der Waals surface area contributed by atoms with Crippen LogP contribution in [-0.4, -0.2) is 10.9 Å². The number of carbonyl (C=O) groups is 1. The number of aromatic nitrogens is 1. The fourth-order valence-corrected chi connectivity index (χ4v) is 2.33. The van der Waals surface area contributed by atoms with Gasteiger partial charge in [-0.3, -0.25) is 4.79 Å². The van der Waals surface area contributed by atoms with E-state index in [0.29, 0.717) is 10.6 Å². The van der Waals surface area contributed by atoms with Crippen molar-refractivity contribution in [2.24, 2.45) is 5.92 Å². The van der Waals surface area contributed by atoms with Crippen LogP contribution in [0.1, 0.15) is 41.1 Å². The minimum atomic E-state index is -0.252. The zero-order valence-electron chi connectivity index (χ0n) is 11.1. The van der Waals surface area contributed by atoms with E-state index in [9.17, 15) is 4.79 Å². The lowest BCUT2D eigenvalue weighted by Crippen LogP contribution is -2.22. The molecule has 0 fully saturated rings. The summed E-state index contributed by atoms with van der Waals surface area (Å²) in [7, 11) is 0. The number of nitrogens with zero attached hydrogens (tertiary/aromatic N) is 2. The summed E-state index contributed by atoms with van der Waals surface area (Å²) in [5, 5.41) is 12.5. The Bertz CT molecular complexity index is 509. The van der Waals surface area contributed by atoms with Gasteiger partial charge in [-0.25, -0.2) is 4.98 Å². The Morgan fingerprint density at radius 1 is 1.61 bits per heavy atom. The molecule has 0 bridgehead atoms. The standard InChI is InChI=1S/C13H17N3OS/c1-5-11-15-9(4)12(18-11)13(17)16-10(7-14)6-8(2)3/h6,8H,5H2,1-4H3,(H,16,17). The molecule has 0 aliphatic heterocycles. The highest BCUT2D eigenvalue weighted by molar-refractivity contribution is 7.13. The van der Waals surface area contributed by atoms with Gasteiger partial charge in [0.15, 0.2) is 0 Å². The summed E-state index contributed by atoms with van der Waals surface area (Å²) in [5.74, 6) is -0.0353. The molecule has 1 aromatic rings. The number of amides is 1. The molecule has 1 heterocycles. The molecule has 1 N–H and O–H groups in total. The summed E-state index contributed by atoms with van der Waals surface area (Å²) in [4.78, 5) is 16.9. The largest absolute Gasteiger partial charge is 0.313 e. The molecule has 0 aliphatic rings. The Morgan fingerprint density at radius 3 is 2.72 bits per heavy atom. The fraction of sp³-hybridized carbons (Fsp3) is 0.462. The van der Waals surface area contributed by atoms with E-state index in [-0.39, 0.29) is 11.8 Å². The van der Waals surface area contributed by atoms with E-state index < -0.39 is 0 Å². The summed E-state index contributed by atoms with van der Waals surface area (Å²) in [6.07, 6.45) is 2.54. The van der Waals surface area contributed by atoms with E-state index in [2.05, 4.69) is 10.3 Å². The van der Waals surface area contributed by atoms with E-state index in [0.717, 1.165) is 17.1 Å². The summed E-state index contributed by atoms with van der Waals surface area (Å²) in [6, 6.07) is 1.99. The van der Waals surface area contributed by atoms with Gasteiger partial charge in [0.05, 0.1) is 10.7 Å². The summed E-state index contributed by atoms with van der Waals surface area (Å²) in [6.45, 7) is 7.72. The predicted molar refractivity (Wildman–Crippen MR) is 72.2 cm³/mol. The quantitative estimate of drug-likeness (QED) is 0.849. The zero-order chi connectivity index (χ0) is 13.7. The Kier molecular flexibility index (Phi) is 5.05. The van der Waals surface area contributed by atoms with Gasteiger partial charge in [-0.1, -0.05) is 20.8 Å². The Morgan fingerprint density at radius 2 is 2.28 bits per heavy atom. The highest BCUT2D eigenvalue weighted by Crippen LogP contribution is 2.18. The maximum Gasteiger partial charge on any atom is 0.268 e. The van der Waals surface area contributed by atoms with Crippen LogP contribution in [0, 0.1) is 24.2 Å². The Labute approximate surface area is 111 Å². The van der Waals surface area contributed by atoms with Crippen molar-refractivity contribution in [3.63, 3.8) is 0 Å². The number of nitriles is 1. The molecule has 0 aromatic carbocycles. The second-order valence-corrected chi connectivity index (χ2v) is 5.35. The molecule has 4 nitrogen and oxygen atoms in total. The predicted octanol–water partition coefficient (Wildman–Crippen LogP) is 2.81. The van der Waals surface area contributed by atoms with Gasteiger partial charge in [-0.15, -0.1) is 11.3 Å². The number of hydrogen-bond acceptors (Lipinski definition) is 4. The molecule has 0 atom stereocenters. The summed E-state index contributed by atoms with van der Waals surface area (Å²) in [5.41, 5.74) is 1.01. The molecule has 5 heteroatoms. The molecular weight excluding hydrogens is 246 g/mol. The number of allylic oxidation sites excluding steroid dienone is 2. The van der Waals surface area contributed by atoms with Gasteiger partial charge in [0.25, 0.3) is 5.91 Å². The number of nitrogens with one attached hydrogen (secondary N) is 1. The van der Waals surface area contributed by atoms with Crippen molar-refractivity contribution in [1.82, 2.24) is 10.3 Å². The maximum atomic E-state index is 12.0. The van der Waals surface area contributed by atoms with E-state index in [1.54, 1.807) is 6.08 Å². The van der Waals surface area contributed by atoms with Crippen molar-refractivity contribution in [3.8, 4) is 6.07 Å². The van der Waals surface area contributed by atoms with E-state index in [4.69, 9.17) is 5.26 Å². The lowest BCUT2D eigenvalue weighted by Gasteiger charge is -2.03. The van der Waals surface area contributed by atoms with Gasteiger partial charge < -0.3 is 5.32 Å². The van der Waals surface area contributed by atoms with Crippen LogP contribution in [-0.2, 0) is 6.42 Å². The van der Waals surface area contributed by atoms with Crippen molar-refractivity contribution in [3.05, 3.63) is 27.4 Å². The normalized spacial score (nSPS) is 11.4. The highest BCUT2D eigenvalue weighted by Gasteiger charge is 2.15. The van der Waals surface area contributed by atoms with Gasteiger partial charge in [0.1, 0.15) is 16.6 Å². The number of rotatable bonds is 4. The molecule has 0 radical (unpaired) electrons. The molecule has 1 aromatic heterocycles. The van der Waals surface area contributed by atoms with Crippen LogP contribution in [0.4, 0.5) is 0 Å². The second kappa shape index (κ2) is 6.31. The topological polar surface area (TPSA) is 65.8 Å². The first-order valence-corrected chi connectivity index (χ1v) is 6.69. The monoisotopic (exact) mass is 263 g/mol. The smallest absolute Gasteiger partial charge is 0.268 e. The second-order valence-electron chi connectivity index (χ2n) is 4.27. The zero-order valence-corrected chi connectivity index (χ0v) is 11.9. The van der Waals surface area contributed by atoms with Crippen LogP contribution in [0.5, 0.6) is 0 Å². The van der Waals surface area contributed by atoms with Crippen LogP contribution in [0.3, 0.4) is 0 Å². The Hall–Kier alpha value is -1.67. The lowest BCUT2D eigenvalue weighted by atomic mass is 10.2. The molecule has 0 unspecified atom stereocenters. The van der Waals surface area contributed by atoms with Crippen LogP contribution in [0.2, 0.25) is 0 Å². The first-order valence-electron chi connectivity index (χ1n) is 5.87. The molecule has 0 aliphatic carbocycles. The molecule has 1 amide bonds. The van der Waals surface area contributed by atoms with E-state index >= 15 is 0 Å². The molecular formula is C13H17N3OS. The van der Waals surface area contributed by atoms with Crippen LogP contribution in [0.15, 0.2) is 11.8 Å². The van der Waals surface area contributed by atoms with Crippen molar-refractivity contribution >= 4 is 17.2 Å². The third kappa shape index (κ3) is 3.67. The number of aryl methyl sites for hydroxylation is 2. The van der Waals surface area contributed by atoms with Crippen LogP contribution in [0.25, 0.3) is 0 Å². The number of thiazole rings is 1. The third-order valence-corrected chi connectivity index (χ3v) is 3.52. The number of hydrogen-bond donors (Lipinski definition) is 1. The van der Waals surface area contributed by atoms with Gasteiger partial charge in [-0.2, -0.15) is 5.26 Å². The van der Waals surface area contributed by atoms with Gasteiger partial charge in [0.2, 0.25) is 0 Å². The molecule has 0 saturated carbocycles. The SMILES string of the molecule is CCc1nc(C)c(C(=O)NC(C#N)=CC(C)C)s1. The van der Waals surface area contributed by atoms with E-state index in [1.807, 2.05) is 33.8 Å². The third-order valence-electron chi connectivity index (χ3n) is 2.22. The average molecular weight is 263 g/mol. The molecule has 96 valence electrons. The molecule has 0 spiro atoms. The maximum absolute atomic E-state index is 12.0. The number of carbonyl (C=O) groups excluding carboxylic acids is 1. The van der Waals surface area contributed by atoms with Crippen molar-refractivity contribution in [1.29, 1.82) is 5.26 Å². The summed E-state index contributed by atoms with van der Waals surface area (Å²) >= 11 is 1.38.